The Morgan fingerprint density at radius 1 is 1.31 bits per heavy atom. The molecule has 2 atom stereocenters. The van der Waals surface area contributed by atoms with Crippen molar-refractivity contribution in [3.8, 4) is 0 Å². The summed E-state index contributed by atoms with van der Waals surface area (Å²) in [6.45, 7) is 5.33. The number of amides is 2. The number of rotatable bonds is 3. The summed E-state index contributed by atoms with van der Waals surface area (Å²) in [7, 11) is 0. The van der Waals surface area contributed by atoms with Gasteiger partial charge in [0, 0.05) is 37.7 Å². The predicted molar refractivity (Wildman–Crippen MR) is 120 cm³/mol. The summed E-state index contributed by atoms with van der Waals surface area (Å²) >= 11 is 0. The van der Waals surface area contributed by atoms with E-state index in [1.54, 1.807) is 22.9 Å². The Morgan fingerprint density at radius 3 is 2.84 bits per heavy atom. The number of hydrogen-bond acceptors (Lipinski definition) is 5. The molecule has 5 heterocycles. The maximum atomic E-state index is 14.1. The van der Waals surface area contributed by atoms with E-state index in [9.17, 15) is 14.0 Å². The van der Waals surface area contributed by atoms with Gasteiger partial charge in [-0.05, 0) is 62.8 Å². The minimum atomic E-state index is -1.18. The Balaban J connectivity index is 1.35. The number of alkyl halides is 1. The van der Waals surface area contributed by atoms with Gasteiger partial charge in [0.1, 0.15) is 17.7 Å². The van der Waals surface area contributed by atoms with Gasteiger partial charge in [0.2, 0.25) is 5.91 Å². The van der Waals surface area contributed by atoms with Gasteiger partial charge in [-0.2, -0.15) is 0 Å². The number of fused-ring (bicyclic) bond motifs is 2. The Bertz CT molecular complexity index is 994. The van der Waals surface area contributed by atoms with Crippen molar-refractivity contribution in [3.05, 3.63) is 47.4 Å². The van der Waals surface area contributed by atoms with E-state index >= 15 is 0 Å². The van der Waals surface area contributed by atoms with Gasteiger partial charge < -0.3 is 9.80 Å². The SMILES string of the molecule is CCC1NC2C=C(N3CCCc4cc(C(=O)N5CCC(C)(F)CC5)cnc43)C=CN2C1=O. The van der Waals surface area contributed by atoms with Crippen molar-refractivity contribution in [1.29, 1.82) is 0 Å². The number of allylic oxidation sites excluding steroid dienone is 1. The fourth-order valence-electron chi connectivity index (χ4n) is 5.01. The first-order valence-electron chi connectivity index (χ1n) is 11.6. The van der Waals surface area contributed by atoms with Crippen LogP contribution in [0.3, 0.4) is 0 Å². The third kappa shape index (κ3) is 3.70. The summed E-state index contributed by atoms with van der Waals surface area (Å²) < 4.78 is 14.1. The number of piperidine rings is 1. The summed E-state index contributed by atoms with van der Waals surface area (Å²) in [6, 6.07) is 1.80. The molecule has 0 aromatic carbocycles. The molecule has 0 radical (unpaired) electrons. The number of hydrogen-bond donors (Lipinski definition) is 1. The van der Waals surface area contributed by atoms with Crippen LogP contribution in [0, 0.1) is 0 Å². The second kappa shape index (κ2) is 7.99. The van der Waals surface area contributed by atoms with E-state index in [1.165, 1.54) is 0 Å². The first-order valence-corrected chi connectivity index (χ1v) is 11.6. The van der Waals surface area contributed by atoms with Gasteiger partial charge in [-0.1, -0.05) is 6.92 Å². The van der Waals surface area contributed by atoms with E-state index in [2.05, 4.69) is 21.3 Å². The molecular formula is C24H30FN5O2. The van der Waals surface area contributed by atoms with Gasteiger partial charge >= 0.3 is 0 Å². The number of halogens is 1. The zero-order valence-corrected chi connectivity index (χ0v) is 18.7. The molecule has 4 aliphatic heterocycles. The molecule has 2 unspecified atom stereocenters. The average molecular weight is 440 g/mol. The minimum Gasteiger partial charge on any atom is -0.338 e. The smallest absolute Gasteiger partial charge is 0.255 e. The molecule has 0 bridgehead atoms. The maximum Gasteiger partial charge on any atom is 0.255 e. The summed E-state index contributed by atoms with van der Waals surface area (Å²) in [4.78, 5) is 35.7. The highest BCUT2D eigenvalue weighted by Gasteiger charge is 2.38. The first-order chi connectivity index (χ1) is 15.4. The molecule has 1 aromatic rings. The van der Waals surface area contributed by atoms with Crippen LogP contribution in [0.2, 0.25) is 0 Å². The van der Waals surface area contributed by atoms with Crippen LogP contribution in [0.4, 0.5) is 10.2 Å². The molecule has 8 heteroatoms. The van der Waals surface area contributed by atoms with Crippen LogP contribution in [0.25, 0.3) is 0 Å². The van der Waals surface area contributed by atoms with E-state index in [1.807, 2.05) is 25.3 Å². The molecule has 1 aromatic heterocycles. The third-order valence-electron chi connectivity index (χ3n) is 7.05. The molecule has 170 valence electrons. The van der Waals surface area contributed by atoms with Crippen LogP contribution in [-0.2, 0) is 11.2 Å². The van der Waals surface area contributed by atoms with Crippen molar-refractivity contribution in [2.45, 2.75) is 63.8 Å². The zero-order chi connectivity index (χ0) is 22.5. The monoisotopic (exact) mass is 439 g/mol. The van der Waals surface area contributed by atoms with Gasteiger partial charge in [0.15, 0.2) is 0 Å². The highest BCUT2D eigenvalue weighted by Crippen LogP contribution is 2.32. The predicted octanol–water partition coefficient (Wildman–Crippen LogP) is 2.75. The number of carbonyl (C=O) groups excluding carboxylic acids is 2. The molecule has 2 fully saturated rings. The van der Waals surface area contributed by atoms with E-state index in [4.69, 9.17) is 0 Å². The molecule has 32 heavy (non-hydrogen) atoms. The Hall–Kier alpha value is -2.74. The van der Waals surface area contributed by atoms with Gasteiger partial charge in [-0.25, -0.2) is 9.37 Å². The Morgan fingerprint density at radius 2 is 2.09 bits per heavy atom. The van der Waals surface area contributed by atoms with Crippen LogP contribution >= 0.6 is 0 Å². The van der Waals surface area contributed by atoms with Gasteiger partial charge in [-0.15, -0.1) is 0 Å². The van der Waals surface area contributed by atoms with Crippen molar-refractivity contribution in [1.82, 2.24) is 20.1 Å². The lowest BCUT2D eigenvalue weighted by atomic mass is 9.95. The molecule has 2 saturated heterocycles. The highest BCUT2D eigenvalue weighted by molar-refractivity contribution is 5.94. The number of anilines is 1. The van der Waals surface area contributed by atoms with Crippen LogP contribution in [0.1, 0.15) is 55.5 Å². The quantitative estimate of drug-likeness (QED) is 0.785. The van der Waals surface area contributed by atoms with Gasteiger partial charge in [0.25, 0.3) is 5.91 Å². The normalized spacial score (nSPS) is 26.7. The molecule has 4 aliphatic rings. The number of likely N-dealkylation sites (tertiary alicyclic amines) is 1. The summed E-state index contributed by atoms with van der Waals surface area (Å²) in [5, 5.41) is 3.38. The topological polar surface area (TPSA) is 68.8 Å². The number of aromatic nitrogens is 1. The van der Waals surface area contributed by atoms with E-state index in [-0.39, 0.29) is 24.0 Å². The van der Waals surface area contributed by atoms with Crippen LogP contribution in [0.15, 0.2) is 36.3 Å². The molecule has 7 nitrogen and oxygen atoms in total. The number of nitrogens with zero attached hydrogens (tertiary/aromatic N) is 4. The fraction of sp³-hybridized carbons (Fsp3) is 0.542. The molecule has 2 amide bonds. The van der Waals surface area contributed by atoms with Crippen LogP contribution < -0.4 is 10.2 Å². The largest absolute Gasteiger partial charge is 0.338 e. The summed E-state index contributed by atoms with van der Waals surface area (Å²) in [5.41, 5.74) is 1.45. The molecule has 0 aliphatic carbocycles. The van der Waals surface area contributed by atoms with Gasteiger partial charge in [0.05, 0.1) is 11.6 Å². The van der Waals surface area contributed by atoms with E-state index < -0.39 is 5.67 Å². The summed E-state index contributed by atoms with van der Waals surface area (Å²) in [6.07, 6.45) is 10.7. The standard InChI is InChI=1S/C24H30FN5O2/c1-3-19-23(32)30-10-6-18(14-20(30)27-19)29-9-4-5-16-13-17(15-26-21(16)29)22(31)28-11-7-24(2,25)8-12-28/h6,10,13-15,19-20,27H,3-5,7-9,11-12H2,1-2H3. The van der Waals surface area contributed by atoms with Crippen molar-refractivity contribution in [2.24, 2.45) is 0 Å². The van der Waals surface area contributed by atoms with Crippen molar-refractivity contribution in [3.63, 3.8) is 0 Å². The molecule has 1 N–H and O–H groups in total. The summed E-state index contributed by atoms with van der Waals surface area (Å²) in [5.74, 6) is 0.901. The zero-order valence-electron chi connectivity index (χ0n) is 18.7. The second-order valence-corrected chi connectivity index (χ2v) is 9.39. The van der Waals surface area contributed by atoms with E-state index in [0.29, 0.717) is 31.5 Å². The van der Waals surface area contributed by atoms with Crippen molar-refractivity contribution in [2.75, 3.05) is 24.5 Å². The Labute approximate surface area is 188 Å². The Kier molecular flexibility index (Phi) is 5.28. The molecule has 0 spiro atoms. The number of carbonyl (C=O) groups is 2. The molecule has 5 rings (SSSR count). The first kappa shape index (κ1) is 21.1. The highest BCUT2D eigenvalue weighted by atomic mass is 19.1. The number of pyridine rings is 1. The van der Waals surface area contributed by atoms with Crippen LogP contribution in [-0.4, -0.2) is 64.1 Å². The number of nitrogens with one attached hydrogen (secondary N) is 1. The van der Waals surface area contributed by atoms with Gasteiger partial charge in [-0.3, -0.25) is 19.8 Å². The lowest BCUT2D eigenvalue weighted by Gasteiger charge is -2.35. The van der Waals surface area contributed by atoms with Crippen LogP contribution in [0.5, 0.6) is 0 Å². The maximum absolute atomic E-state index is 14.1. The molecular weight excluding hydrogens is 409 g/mol. The third-order valence-corrected chi connectivity index (χ3v) is 7.05. The minimum absolute atomic E-state index is 0.0698. The lowest BCUT2D eigenvalue weighted by molar-refractivity contribution is -0.127. The number of aryl methyl sites for hydroxylation is 1. The van der Waals surface area contributed by atoms with Crippen molar-refractivity contribution >= 4 is 17.6 Å². The molecule has 0 saturated carbocycles. The fourth-order valence-corrected chi connectivity index (χ4v) is 5.01. The average Bonchev–Trinajstić information content (AvgIpc) is 3.12. The van der Waals surface area contributed by atoms with Crippen molar-refractivity contribution < 1.29 is 14.0 Å². The van der Waals surface area contributed by atoms with E-state index in [0.717, 1.165) is 42.9 Å². The second-order valence-electron chi connectivity index (χ2n) is 9.39. The lowest BCUT2D eigenvalue weighted by Crippen LogP contribution is -2.43.